The van der Waals surface area contributed by atoms with Crippen molar-refractivity contribution in [2.24, 2.45) is 0 Å². The first-order valence-corrected chi connectivity index (χ1v) is 15.2. The van der Waals surface area contributed by atoms with Gasteiger partial charge >= 0.3 is 0 Å². The van der Waals surface area contributed by atoms with Gasteiger partial charge in [0.2, 0.25) is 0 Å². The minimum atomic E-state index is -4.42. The second kappa shape index (κ2) is 11.8. The van der Waals surface area contributed by atoms with Crippen LogP contribution in [0.5, 0.6) is 11.5 Å². The normalized spacial score (nSPS) is 19.4. The highest BCUT2D eigenvalue weighted by atomic mass is 32.2. The predicted molar refractivity (Wildman–Crippen MR) is 153 cm³/mol. The molecule has 5 rings (SSSR count). The van der Waals surface area contributed by atoms with Gasteiger partial charge in [-0.1, -0.05) is 18.2 Å². The molecule has 41 heavy (non-hydrogen) atoms. The van der Waals surface area contributed by atoms with Crippen LogP contribution in [0.25, 0.3) is 0 Å². The molecule has 2 aromatic carbocycles. The molecule has 1 fully saturated rings. The van der Waals surface area contributed by atoms with Crippen LogP contribution in [0.4, 0.5) is 10.2 Å². The summed E-state index contributed by atoms with van der Waals surface area (Å²) < 4.78 is 55.6. The third-order valence-corrected chi connectivity index (χ3v) is 9.27. The maximum Gasteiger partial charge on any atom is 0.272 e. The summed E-state index contributed by atoms with van der Waals surface area (Å²) in [7, 11) is -2.96. The average molecular weight is 583 g/mol. The molecule has 0 saturated carbocycles. The van der Waals surface area contributed by atoms with Crippen LogP contribution in [0.1, 0.15) is 37.8 Å². The largest absolute Gasteiger partial charge is 0.495 e. The molecule has 218 valence electrons. The zero-order valence-corrected chi connectivity index (χ0v) is 24.3. The third-order valence-electron chi connectivity index (χ3n) is 7.58. The first-order chi connectivity index (χ1) is 19.7. The number of methoxy groups -OCH3 is 1. The number of hydrogen-bond acceptors (Lipinski definition) is 8. The van der Waals surface area contributed by atoms with Gasteiger partial charge in [0.15, 0.2) is 5.82 Å². The predicted octanol–water partition coefficient (Wildman–Crippen LogP) is 3.72. The number of pyridine rings is 1. The van der Waals surface area contributed by atoms with Gasteiger partial charge < -0.3 is 19.7 Å². The smallest absolute Gasteiger partial charge is 0.272 e. The van der Waals surface area contributed by atoms with Crippen molar-refractivity contribution in [3.8, 4) is 11.5 Å². The number of anilines is 1. The highest BCUT2D eigenvalue weighted by Gasteiger charge is 2.57. The maximum atomic E-state index is 15.6. The van der Waals surface area contributed by atoms with E-state index < -0.39 is 27.2 Å². The molecule has 0 bridgehead atoms. The number of piperazine rings is 1. The molecule has 1 atom stereocenters. The van der Waals surface area contributed by atoms with Crippen molar-refractivity contribution in [3.63, 3.8) is 0 Å². The zero-order valence-electron chi connectivity index (χ0n) is 23.5. The van der Waals surface area contributed by atoms with Gasteiger partial charge in [-0.3, -0.25) is 4.79 Å². The Morgan fingerprint density at radius 2 is 1.76 bits per heavy atom. The maximum absolute atomic E-state index is 15.6. The monoisotopic (exact) mass is 582 g/mol. The molecule has 0 aliphatic carbocycles. The topological polar surface area (TPSA) is 101 Å². The minimum absolute atomic E-state index is 0.0521. The number of fused-ring (bicyclic) bond motifs is 1. The second-order valence-corrected chi connectivity index (χ2v) is 12.3. The number of halogens is 1. The number of carbonyl (C=O) groups is 1. The molecule has 1 N–H and O–H groups in total. The van der Waals surface area contributed by atoms with E-state index in [9.17, 15) is 13.2 Å². The Labute approximate surface area is 240 Å². The third kappa shape index (κ3) is 5.41. The van der Waals surface area contributed by atoms with Crippen molar-refractivity contribution in [1.82, 2.24) is 15.2 Å². The standard InChI is InChI=1S/C30H35FN4O5S/c1-21(2)40-22-9-11-24(12-10-22)41(37,38)35-28-26(19-23(39-3)20-33-28)30(29(35)36,25-7-4-5-8-27(25)31)13-6-16-34-17-14-32-15-18-34/h4-5,7-12,19-21,32H,6,13-18H2,1-3H3. The molecule has 3 aromatic rings. The van der Waals surface area contributed by atoms with E-state index in [2.05, 4.69) is 15.2 Å². The van der Waals surface area contributed by atoms with Crippen molar-refractivity contribution in [1.29, 1.82) is 0 Å². The number of amides is 1. The number of nitrogens with one attached hydrogen (secondary N) is 1. The van der Waals surface area contributed by atoms with E-state index in [1.165, 1.54) is 31.5 Å². The summed E-state index contributed by atoms with van der Waals surface area (Å²) in [6, 6.07) is 13.5. The number of aromatic nitrogens is 1. The molecule has 1 aromatic heterocycles. The number of sulfonamides is 1. The summed E-state index contributed by atoms with van der Waals surface area (Å²) in [4.78, 5) is 21.2. The summed E-state index contributed by atoms with van der Waals surface area (Å²) >= 11 is 0. The lowest BCUT2D eigenvalue weighted by Gasteiger charge is -2.32. The molecular formula is C30H35FN4O5S. The lowest BCUT2D eigenvalue weighted by Crippen LogP contribution is -2.46. The number of hydrogen-bond donors (Lipinski definition) is 1. The van der Waals surface area contributed by atoms with Gasteiger partial charge in [0.1, 0.15) is 22.7 Å². The Kier molecular flexibility index (Phi) is 8.30. The van der Waals surface area contributed by atoms with Gasteiger partial charge in [-0.15, -0.1) is 0 Å². The van der Waals surface area contributed by atoms with Gasteiger partial charge in [-0.25, -0.2) is 17.8 Å². The number of ether oxygens (including phenoxy) is 2. The minimum Gasteiger partial charge on any atom is -0.495 e. The van der Waals surface area contributed by atoms with Crippen LogP contribution in [-0.2, 0) is 20.2 Å². The number of benzene rings is 2. The zero-order chi connectivity index (χ0) is 29.2. The molecule has 11 heteroatoms. The molecule has 2 aliphatic heterocycles. The van der Waals surface area contributed by atoms with E-state index >= 15 is 4.39 Å². The molecule has 0 radical (unpaired) electrons. The van der Waals surface area contributed by atoms with Crippen LogP contribution in [0.15, 0.2) is 65.7 Å². The highest BCUT2D eigenvalue weighted by Crippen LogP contribution is 2.51. The van der Waals surface area contributed by atoms with Crippen molar-refractivity contribution >= 4 is 21.7 Å². The van der Waals surface area contributed by atoms with Crippen LogP contribution >= 0.6 is 0 Å². The van der Waals surface area contributed by atoms with Crippen LogP contribution in [-0.4, -0.2) is 70.1 Å². The molecule has 1 unspecified atom stereocenters. The van der Waals surface area contributed by atoms with E-state index in [1.54, 1.807) is 36.4 Å². The summed E-state index contributed by atoms with van der Waals surface area (Å²) in [5.41, 5.74) is -1.21. The van der Waals surface area contributed by atoms with Crippen molar-refractivity contribution in [2.45, 2.75) is 43.1 Å². The van der Waals surface area contributed by atoms with Crippen LogP contribution in [0.3, 0.4) is 0 Å². The van der Waals surface area contributed by atoms with E-state index in [0.29, 0.717) is 30.0 Å². The number of nitrogens with zero attached hydrogens (tertiary/aromatic N) is 3. The molecule has 0 spiro atoms. The van der Waals surface area contributed by atoms with Crippen molar-refractivity contribution < 1.29 is 27.1 Å². The Hall–Kier alpha value is -3.54. The fourth-order valence-electron chi connectivity index (χ4n) is 5.65. The van der Waals surface area contributed by atoms with Crippen molar-refractivity contribution in [3.05, 3.63) is 77.7 Å². The van der Waals surface area contributed by atoms with Crippen LogP contribution in [0, 0.1) is 5.82 Å². The molecule has 2 aliphatic rings. The molecule has 1 saturated heterocycles. The quantitative estimate of drug-likeness (QED) is 0.386. The Bertz CT molecular complexity index is 1510. The van der Waals surface area contributed by atoms with Crippen molar-refractivity contribution in [2.75, 3.05) is 44.1 Å². The second-order valence-electron chi connectivity index (χ2n) is 10.5. The first-order valence-electron chi connectivity index (χ1n) is 13.8. The van der Waals surface area contributed by atoms with Gasteiger partial charge in [-0.05, 0) is 69.6 Å². The molecule has 3 heterocycles. The van der Waals surface area contributed by atoms with E-state index in [4.69, 9.17) is 9.47 Å². The SMILES string of the molecule is COc1cnc2c(c1)C(CCCN1CCNCC1)(c1ccccc1F)C(=O)N2S(=O)(=O)c1ccc(OC(C)C)cc1. The van der Waals surface area contributed by atoms with E-state index in [-0.39, 0.29) is 28.8 Å². The van der Waals surface area contributed by atoms with Crippen LogP contribution < -0.4 is 19.1 Å². The van der Waals surface area contributed by atoms with E-state index in [1.807, 2.05) is 13.8 Å². The van der Waals surface area contributed by atoms with Gasteiger partial charge in [-0.2, -0.15) is 4.31 Å². The summed E-state index contributed by atoms with van der Waals surface area (Å²) in [5, 5.41) is 3.32. The van der Waals surface area contributed by atoms with Gasteiger partial charge in [0.05, 0.1) is 24.3 Å². The first kappa shape index (κ1) is 29.0. The Balaban J connectivity index is 1.62. The summed E-state index contributed by atoms with van der Waals surface area (Å²) in [6.45, 7) is 7.89. The van der Waals surface area contributed by atoms with E-state index in [0.717, 1.165) is 30.5 Å². The lowest BCUT2D eigenvalue weighted by atomic mass is 9.72. The molecular weight excluding hydrogens is 547 g/mol. The van der Waals surface area contributed by atoms with Crippen LogP contribution in [0.2, 0.25) is 0 Å². The summed E-state index contributed by atoms with van der Waals surface area (Å²) in [6.07, 6.45) is 2.00. The lowest BCUT2D eigenvalue weighted by molar-refractivity contribution is -0.121. The average Bonchev–Trinajstić information content (AvgIpc) is 3.21. The Morgan fingerprint density at radius 3 is 2.41 bits per heavy atom. The van der Waals surface area contributed by atoms with Gasteiger partial charge in [0.25, 0.3) is 15.9 Å². The molecule has 1 amide bonds. The highest BCUT2D eigenvalue weighted by molar-refractivity contribution is 7.93. The fourth-order valence-corrected chi connectivity index (χ4v) is 7.09. The summed E-state index contributed by atoms with van der Waals surface area (Å²) in [5.74, 6) is -0.562. The Morgan fingerprint density at radius 1 is 1.05 bits per heavy atom. The fraction of sp³-hybridized carbons (Fsp3) is 0.400. The number of rotatable bonds is 10. The van der Waals surface area contributed by atoms with Gasteiger partial charge in [0, 0.05) is 37.3 Å². The molecule has 9 nitrogen and oxygen atoms in total. The number of carbonyl (C=O) groups excluding carboxylic acids is 1.